The van der Waals surface area contributed by atoms with Gasteiger partial charge in [-0.15, -0.1) is 0 Å². The van der Waals surface area contributed by atoms with Crippen LogP contribution >= 0.6 is 0 Å². The number of anilines is 1. The zero-order chi connectivity index (χ0) is 18.9. The van der Waals surface area contributed by atoms with Crippen LogP contribution in [0, 0.1) is 0 Å². The van der Waals surface area contributed by atoms with E-state index < -0.39 is 5.97 Å². The topological polar surface area (TPSA) is 71.5 Å². The van der Waals surface area contributed by atoms with Gasteiger partial charge in [-0.3, -0.25) is 9.78 Å². The molecule has 0 saturated heterocycles. The van der Waals surface area contributed by atoms with Gasteiger partial charge in [-0.25, -0.2) is 4.79 Å². The number of carbonyl (C=O) groups excluding carboxylic acids is 2. The van der Waals surface area contributed by atoms with E-state index in [2.05, 4.69) is 24.1 Å². The summed E-state index contributed by atoms with van der Waals surface area (Å²) < 4.78 is 5.13. The number of carbonyl (C=O) groups is 2. The SMILES string of the molecule is CCCN(CCC)C(=O)CNc1c(C(=O)OCC)cnc2ccccc12. The van der Waals surface area contributed by atoms with Crippen LogP contribution in [-0.4, -0.2) is 48.0 Å². The molecule has 0 saturated carbocycles. The normalized spacial score (nSPS) is 10.6. The molecule has 26 heavy (non-hydrogen) atoms. The number of nitrogens with one attached hydrogen (secondary N) is 1. The molecule has 0 aliphatic carbocycles. The number of esters is 1. The lowest BCUT2D eigenvalue weighted by Crippen LogP contribution is -2.36. The van der Waals surface area contributed by atoms with E-state index in [1.165, 1.54) is 6.20 Å². The number of fused-ring (bicyclic) bond motifs is 1. The highest BCUT2D eigenvalue weighted by Gasteiger charge is 2.18. The smallest absolute Gasteiger partial charge is 0.341 e. The van der Waals surface area contributed by atoms with Gasteiger partial charge < -0.3 is 15.0 Å². The minimum atomic E-state index is -0.445. The molecule has 0 spiro atoms. The average molecular weight is 357 g/mol. The number of benzene rings is 1. The summed E-state index contributed by atoms with van der Waals surface area (Å²) in [7, 11) is 0. The van der Waals surface area contributed by atoms with Crippen LogP contribution in [0.2, 0.25) is 0 Å². The van der Waals surface area contributed by atoms with Crippen molar-refractivity contribution in [3.63, 3.8) is 0 Å². The van der Waals surface area contributed by atoms with Gasteiger partial charge in [0.1, 0.15) is 5.56 Å². The Bertz CT molecular complexity index is 755. The maximum absolute atomic E-state index is 12.6. The number of ether oxygens (including phenoxy) is 1. The van der Waals surface area contributed by atoms with Crippen molar-refractivity contribution >= 4 is 28.5 Å². The lowest BCUT2D eigenvalue weighted by atomic mass is 10.1. The number of para-hydroxylation sites is 1. The first-order valence-electron chi connectivity index (χ1n) is 9.18. The third kappa shape index (κ3) is 4.71. The Balaban J connectivity index is 2.29. The van der Waals surface area contributed by atoms with E-state index in [-0.39, 0.29) is 19.1 Å². The highest BCUT2D eigenvalue weighted by molar-refractivity contribution is 6.05. The zero-order valence-electron chi connectivity index (χ0n) is 15.7. The molecule has 0 aliphatic rings. The second kappa shape index (κ2) is 9.75. The van der Waals surface area contributed by atoms with Crippen LogP contribution in [0.15, 0.2) is 30.5 Å². The largest absolute Gasteiger partial charge is 0.462 e. The van der Waals surface area contributed by atoms with Crippen molar-refractivity contribution in [3.05, 3.63) is 36.0 Å². The van der Waals surface area contributed by atoms with Crippen molar-refractivity contribution in [3.8, 4) is 0 Å². The van der Waals surface area contributed by atoms with Crippen LogP contribution in [-0.2, 0) is 9.53 Å². The first kappa shape index (κ1) is 19.7. The van der Waals surface area contributed by atoms with E-state index in [0.29, 0.717) is 11.3 Å². The van der Waals surface area contributed by atoms with Crippen LogP contribution in [0.4, 0.5) is 5.69 Å². The van der Waals surface area contributed by atoms with Gasteiger partial charge in [0, 0.05) is 24.7 Å². The maximum Gasteiger partial charge on any atom is 0.341 e. The Morgan fingerprint density at radius 3 is 2.46 bits per heavy atom. The van der Waals surface area contributed by atoms with Gasteiger partial charge in [0.2, 0.25) is 5.91 Å². The summed E-state index contributed by atoms with van der Waals surface area (Å²) in [6.45, 7) is 7.74. The summed E-state index contributed by atoms with van der Waals surface area (Å²) in [6, 6.07) is 7.52. The molecule has 2 rings (SSSR count). The molecule has 0 fully saturated rings. The third-order valence-corrected chi connectivity index (χ3v) is 4.03. The predicted molar refractivity (Wildman–Crippen MR) is 103 cm³/mol. The van der Waals surface area contributed by atoms with Gasteiger partial charge in [0.25, 0.3) is 0 Å². The highest BCUT2D eigenvalue weighted by atomic mass is 16.5. The van der Waals surface area contributed by atoms with Crippen molar-refractivity contribution in [1.29, 1.82) is 0 Å². The van der Waals surface area contributed by atoms with Crippen molar-refractivity contribution in [2.75, 3.05) is 31.6 Å². The van der Waals surface area contributed by atoms with Crippen molar-refractivity contribution in [2.45, 2.75) is 33.6 Å². The quantitative estimate of drug-likeness (QED) is 0.696. The molecule has 6 heteroatoms. The van der Waals surface area contributed by atoms with E-state index in [0.717, 1.165) is 36.8 Å². The summed E-state index contributed by atoms with van der Waals surface area (Å²) in [5.74, 6) is -0.427. The summed E-state index contributed by atoms with van der Waals surface area (Å²) in [5.41, 5.74) is 1.70. The molecule has 6 nitrogen and oxygen atoms in total. The van der Waals surface area contributed by atoms with Crippen LogP contribution in [0.3, 0.4) is 0 Å². The molecule has 1 aromatic carbocycles. The van der Waals surface area contributed by atoms with Gasteiger partial charge in [0.15, 0.2) is 0 Å². The Labute approximate surface area is 154 Å². The maximum atomic E-state index is 12.6. The standard InChI is InChI=1S/C20H27N3O3/c1-4-11-23(12-5-2)18(24)14-22-19-15-9-7-8-10-17(15)21-13-16(19)20(25)26-6-3/h7-10,13H,4-6,11-12,14H2,1-3H3,(H,21,22). The second-order valence-corrected chi connectivity index (χ2v) is 6.02. The first-order chi connectivity index (χ1) is 12.6. The Morgan fingerprint density at radius 1 is 1.12 bits per heavy atom. The number of hydrogen-bond acceptors (Lipinski definition) is 5. The Morgan fingerprint density at radius 2 is 1.81 bits per heavy atom. The van der Waals surface area contributed by atoms with Crippen molar-refractivity contribution in [2.24, 2.45) is 0 Å². The average Bonchev–Trinajstić information content (AvgIpc) is 2.65. The van der Waals surface area contributed by atoms with Crippen LogP contribution in [0.25, 0.3) is 10.9 Å². The van der Waals surface area contributed by atoms with Gasteiger partial charge in [-0.1, -0.05) is 32.0 Å². The van der Waals surface area contributed by atoms with E-state index in [1.54, 1.807) is 6.92 Å². The molecule has 0 radical (unpaired) electrons. The minimum Gasteiger partial charge on any atom is -0.462 e. The molecule has 1 N–H and O–H groups in total. The molecule has 1 heterocycles. The van der Waals surface area contributed by atoms with Gasteiger partial charge in [-0.05, 0) is 25.8 Å². The molecule has 0 aliphatic heterocycles. The third-order valence-electron chi connectivity index (χ3n) is 4.03. The molecule has 1 aromatic heterocycles. The number of rotatable bonds is 9. The molecular formula is C20H27N3O3. The fourth-order valence-corrected chi connectivity index (χ4v) is 2.87. The lowest BCUT2D eigenvalue weighted by molar-refractivity contribution is -0.129. The fourth-order valence-electron chi connectivity index (χ4n) is 2.87. The van der Waals surface area contributed by atoms with Crippen LogP contribution in [0.1, 0.15) is 44.0 Å². The van der Waals surface area contributed by atoms with Gasteiger partial charge >= 0.3 is 5.97 Å². The van der Waals surface area contributed by atoms with Crippen molar-refractivity contribution in [1.82, 2.24) is 9.88 Å². The van der Waals surface area contributed by atoms with Crippen molar-refractivity contribution < 1.29 is 14.3 Å². The van der Waals surface area contributed by atoms with Gasteiger partial charge in [-0.2, -0.15) is 0 Å². The zero-order valence-corrected chi connectivity index (χ0v) is 15.7. The number of aromatic nitrogens is 1. The fraction of sp³-hybridized carbons (Fsp3) is 0.450. The lowest BCUT2D eigenvalue weighted by Gasteiger charge is -2.22. The van der Waals surface area contributed by atoms with E-state index >= 15 is 0 Å². The van der Waals surface area contributed by atoms with Crippen LogP contribution < -0.4 is 5.32 Å². The molecule has 0 bridgehead atoms. The summed E-state index contributed by atoms with van der Waals surface area (Å²) in [6.07, 6.45) is 3.33. The molecule has 0 atom stereocenters. The Hall–Kier alpha value is -2.63. The first-order valence-corrected chi connectivity index (χ1v) is 9.18. The van der Waals surface area contributed by atoms with Crippen LogP contribution in [0.5, 0.6) is 0 Å². The number of pyridine rings is 1. The molecular weight excluding hydrogens is 330 g/mol. The molecule has 140 valence electrons. The van der Waals surface area contributed by atoms with E-state index in [4.69, 9.17) is 4.74 Å². The number of nitrogens with zero attached hydrogens (tertiary/aromatic N) is 2. The van der Waals surface area contributed by atoms with E-state index in [1.807, 2.05) is 29.2 Å². The second-order valence-electron chi connectivity index (χ2n) is 6.02. The minimum absolute atomic E-state index is 0.0180. The summed E-state index contributed by atoms with van der Waals surface area (Å²) in [4.78, 5) is 31.0. The molecule has 1 amide bonds. The highest BCUT2D eigenvalue weighted by Crippen LogP contribution is 2.26. The molecule has 2 aromatic rings. The summed E-state index contributed by atoms with van der Waals surface area (Å²) >= 11 is 0. The molecule has 0 unspecified atom stereocenters. The summed E-state index contributed by atoms with van der Waals surface area (Å²) in [5, 5.41) is 3.96. The van der Waals surface area contributed by atoms with Gasteiger partial charge in [0.05, 0.1) is 24.4 Å². The monoisotopic (exact) mass is 357 g/mol. The number of amides is 1. The Kier molecular flexibility index (Phi) is 7.38. The predicted octanol–water partition coefficient (Wildman–Crippen LogP) is 3.47. The van der Waals surface area contributed by atoms with E-state index in [9.17, 15) is 9.59 Å². The number of hydrogen-bond donors (Lipinski definition) is 1.